The largest absolute Gasteiger partial charge is 0.392 e. The van der Waals surface area contributed by atoms with Gasteiger partial charge in [-0.1, -0.05) is 19.4 Å². The first-order valence-corrected chi connectivity index (χ1v) is 5.99. The van der Waals surface area contributed by atoms with Gasteiger partial charge in [0.05, 0.1) is 6.10 Å². The highest BCUT2D eigenvalue weighted by Crippen LogP contribution is 2.00. The highest BCUT2D eigenvalue weighted by molar-refractivity contribution is 5.03. The molecule has 1 atom stereocenters. The van der Waals surface area contributed by atoms with Crippen molar-refractivity contribution in [2.45, 2.75) is 32.3 Å². The Hall–Kier alpha value is -0.930. The van der Waals surface area contributed by atoms with Crippen molar-refractivity contribution in [1.82, 2.24) is 9.88 Å². The van der Waals surface area contributed by atoms with E-state index in [0.717, 1.165) is 38.0 Å². The minimum atomic E-state index is -0.196. The van der Waals surface area contributed by atoms with E-state index < -0.39 is 0 Å². The van der Waals surface area contributed by atoms with Crippen molar-refractivity contribution < 1.29 is 5.11 Å². The van der Waals surface area contributed by atoms with Crippen LogP contribution in [0.25, 0.3) is 0 Å². The van der Waals surface area contributed by atoms with Crippen LogP contribution < -0.4 is 0 Å². The van der Waals surface area contributed by atoms with Crippen LogP contribution in [0.5, 0.6) is 0 Å². The molecule has 1 unspecified atom stereocenters. The van der Waals surface area contributed by atoms with Crippen LogP contribution in [0, 0.1) is 0 Å². The quantitative estimate of drug-likeness (QED) is 0.763. The lowest BCUT2D eigenvalue weighted by Crippen LogP contribution is -2.30. The van der Waals surface area contributed by atoms with E-state index in [-0.39, 0.29) is 6.10 Å². The second-order valence-corrected chi connectivity index (χ2v) is 4.28. The van der Waals surface area contributed by atoms with Gasteiger partial charge in [-0.25, -0.2) is 0 Å². The number of aromatic nitrogens is 1. The van der Waals surface area contributed by atoms with Crippen molar-refractivity contribution in [2.24, 2.45) is 0 Å². The molecule has 0 fully saturated rings. The number of aliphatic hydroxyl groups is 1. The Morgan fingerprint density at radius 3 is 2.88 bits per heavy atom. The third-order valence-corrected chi connectivity index (χ3v) is 2.62. The summed E-state index contributed by atoms with van der Waals surface area (Å²) >= 11 is 0. The number of hydrogen-bond donors (Lipinski definition) is 1. The standard InChI is InChI=1S/C13H22N2O/c1-3-6-13(16)11-15(2)10-8-12-7-4-5-9-14-12/h4-5,7,9,13,16H,3,6,8,10-11H2,1-2H3. The van der Waals surface area contributed by atoms with Gasteiger partial charge in [-0.15, -0.1) is 0 Å². The molecule has 1 heterocycles. The molecule has 0 saturated carbocycles. The molecule has 0 radical (unpaired) electrons. The molecule has 0 aliphatic rings. The summed E-state index contributed by atoms with van der Waals surface area (Å²) in [5.41, 5.74) is 1.11. The molecule has 1 N–H and O–H groups in total. The average Bonchev–Trinajstić information content (AvgIpc) is 2.28. The summed E-state index contributed by atoms with van der Waals surface area (Å²) in [6, 6.07) is 5.97. The smallest absolute Gasteiger partial charge is 0.0666 e. The third kappa shape index (κ3) is 5.24. The molecule has 1 rings (SSSR count). The van der Waals surface area contributed by atoms with E-state index >= 15 is 0 Å². The fraction of sp³-hybridized carbons (Fsp3) is 0.615. The molecule has 3 heteroatoms. The van der Waals surface area contributed by atoms with Crippen molar-refractivity contribution in [2.75, 3.05) is 20.1 Å². The first-order chi connectivity index (χ1) is 7.72. The zero-order valence-electron chi connectivity index (χ0n) is 10.3. The number of hydrogen-bond acceptors (Lipinski definition) is 3. The molecule has 0 aliphatic heterocycles. The van der Waals surface area contributed by atoms with Crippen molar-refractivity contribution in [1.29, 1.82) is 0 Å². The number of rotatable bonds is 7. The zero-order valence-corrected chi connectivity index (χ0v) is 10.3. The van der Waals surface area contributed by atoms with Gasteiger partial charge in [0.15, 0.2) is 0 Å². The number of nitrogens with zero attached hydrogens (tertiary/aromatic N) is 2. The Labute approximate surface area is 98.1 Å². The lowest BCUT2D eigenvalue weighted by Gasteiger charge is -2.19. The number of aliphatic hydroxyl groups excluding tert-OH is 1. The molecule has 90 valence electrons. The van der Waals surface area contributed by atoms with Gasteiger partial charge >= 0.3 is 0 Å². The van der Waals surface area contributed by atoms with Gasteiger partial charge in [-0.05, 0) is 25.6 Å². The van der Waals surface area contributed by atoms with Gasteiger partial charge in [-0.3, -0.25) is 4.98 Å². The van der Waals surface area contributed by atoms with Crippen LogP contribution in [-0.2, 0) is 6.42 Å². The number of pyridine rings is 1. The molecular weight excluding hydrogens is 200 g/mol. The van der Waals surface area contributed by atoms with Gasteiger partial charge in [0.1, 0.15) is 0 Å². The Bertz CT molecular complexity index is 277. The average molecular weight is 222 g/mol. The lowest BCUT2D eigenvalue weighted by molar-refractivity contribution is 0.117. The monoisotopic (exact) mass is 222 g/mol. The fourth-order valence-corrected chi connectivity index (χ4v) is 1.73. The first-order valence-electron chi connectivity index (χ1n) is 5.99. The minimum Gasteiger partial charge on any atom is -0.392 e. The van der Waals surface area contributed by atoms with Crippen LogP contribution in [0.2, 0.25) is 0 Å². The van der Waals surface area contributed by atoms with Crippen molar-refractivity contribution in [3.8, 4) is 0 Å². The van der Waals surface area contributed by atoms with Gasteiger partial charge < -0.3 is 10.0 Å². The predicted molar refractivity (Wildman–Crippen MR) is 66.4 cm³/mol. The summed E-state index contributed by atoms with van der Waals surface area (Å²) in [7, 11) is 2.04. The summed E-state index contributed by atoms with van der Waals surface area (Å²) in [6.45, 7) is 3.79. The minimum absolute atomic E-state index is 0.196. The lowest BCUT2D eigenvalue weighted by atomic mass is 10.2. The van der Waals surface area contributed by atoms with E-state index in [9.17, 15) is 5.11 Å². The molecule has 3 nitrogen and oxygen atoms in total. The van der Waals surface area contributed by atoms with Crippen molar-refractivity contribution >= 4 is 0 Å². The van der Waals surface area contributed by atoms with Crippen molar-refractivity contribution in [3.63, 3.8) is 0 Å². The predicted octanol–water partition coefficient (Wildman–Crippen LogP) is 1.72. The number of likely N-dealkylation sites (N-methyl/N-ethyl adjacent to an activating group) is 1. The van der Waals surface area contributed by atoms with E-state index in [0.29, 0.717) is 0 Å². The van der Waals surface area contributed by atoms with Gasteiger partial charge in [0, 0.05) is 31.4 Å². The SMILES string of the molecule is CCCC(O)CN(C)CCc1ccccn1. The molecule has 0 spiro atoms. The molecule has 1 aromatic heterocycles. The fourth-order valence-electron chi connectivity index (χ4n) is 1.73. The van der Waals surface area contributed by atoms with Crippen LogP contribution >= 0.6 is 0 Å². The summed E-state index contributed by atoms with van der Waals surface area (Å²) in [5, 5.41) is 9.66. The second-order valence-electron chi connectivity index (χ2n) is 4.28. The van der Waals surface area contributed by atoms with E-state index in [2.05, 4.69) is 16.8 Å². The Balaban J connectivity index is 2.22. The topological polar surface area (TPSA) is 36.4 Å². The highest BCUT2D eigenvalue weighted by Gasteiger charge is 2.07. The summed E-state index contributed by atoms with van der Waals surface area (Å²) < 4.78 is 0. The maximum Gasteiger partial charge on any atom is 0.0666 e. The molecule has 16 heavy (non-hydrogen) atoms. The van der Waals surface area contributed by atoms with E-state index in [4.69, 9.17) is 0 Å². The highest BCUT2D eigenvalue weighted by atomic mass is 16.3. The molecular formula is C13H22N2O. The van der Waals surface area contributed by atoms with Crippen LogP contribution in [0.1, 0.15) is 25.5 Å². The third-order valence-electron chi connectivity index (χ3n) is 2.62. The van der Waals surface area contributed by atoms with Crippen molar-refractivity contribution in [3.05, 3.63) is 30.1 Å². The maximum absolute atomic E-state index is 9.66. The van der Waals surface area contributed by atoms with E-state index in [1.165, 1.54) is 0 Å². The molecule has 0 aliphatic carbocycles. The first kappa shape index (κ1) is 13.1. The Morgan fingerprint density at radius 2 is 2.25 bits per heavy atom. The van der Waals surface area contributed by atoms with E-state index in [1.54, 1.807) is 0 Å². The molecule has 0 bridgehead atoms. The second kappa shape index (κ2) is 7.36. The summed E-state index contributed by atoms with van der Waals surface area (Å²) in [6.07, 6.45) is 4.49. The van der Waals surface area contributed by atoms with Crippen LogP contribution in [-0.4, -0.2) is 41.2 Å². The zero-order chi connectivity index (χ0) is 11.8. The van der Waals surface area contributed by atoms with Crippen LogP contribution in [0.15, 0.2) is 24.4 Å². The summed E-state index contributed by atoms with van der Waals surface area (Å²) in [5.74, 6) is 0. The molecule has 0 amide bonds. The van der Waals surface area contributed by atoms with Gasteiger partial charge in [0.25, 0.3) is 0 Å². The van der Waals surface area contributed by atoms with Crippen LogP contribution in [0.4, 0.5) is 0 Å². The molecule has 1 aromatic rings. The Morgan fingerprint density at radius 1 is 1.44 bits per heavy atom. The summed E-state index contributed by atoms with van der Waals surface area (Å²) in [4.78, 5) is 6.44. The normalized spacial score (nSPS) is 13.0. The van der Waals surface area contributed by atoms with Gasteiger partial charge in [0.2, 0.25) is 0 Å². The van der Waals surface area contributed by atoms with E-state index in [1.807, 2.05) is 31.4 Å². The maximum atomic E-state index is 9.66. The van der Waals surface area contributed by atoms with Crippen LogP contribution in [0.3, 0.4) is 0 Å². The molecule has 0 saturated heterocycles. The van der Waals surface area contributed by atoms with Gasteiger partial charge in [-0.2, -0.15) is 0 Å². The Kier molecular flexibility index (Phi) is 6.04. The molecule has 0 aromatic carbocycles.